The molecule has 0 bridgehead atoms. The molecule has 11 nitrogen and oxygen atoms in total. The van der Waals surface area contributed by atoms with Crippen LogP contribution < -0.4 is 0 Å². The van der Waals surface area contributed by atoms with Crippen LogP contribution in [0.5, 0.6) is 0 Å². The third-order valence-corrected chi connectivity index (χ3v) is 4.92. The Morgan fingerprint density at radius 1 is 0.939 bits per heavy atom. The minimum absolute atomic E-state index is 0.0928. The van der Waals surface area contributed by atoms with Crippen LogP contribution in [-0.2, 0) is 20.9 Å². The molecule has 1 aliphatic heterocycles. The Balaban J connectivity index is 0.000000331. The predicted octanol–water partition coefficient (Wildman–Crippen LogP) is 0.979. The molecule has 0 unspecified atom stereocenters. The first-order valence-electron chi connectivity index (χ1n) is 10.2. The van der Waals surface area contributed by atoms with Crippen molar-refractivity contribution < 1.29 is 24.6 Å². The molecule has 0 radical (unpaired) electrons. The van der Waals surface area contributed by atoms with Gasteiger partial charge in [0.2, 0.25) is 5.91 Å². The zero-order valence-corrected chi connectivity index (χ0v) is 18.0. The van der Waals surface area contributed by atoms with Crippen LogP contribution in [0.4, 0.5) is 0 Å². The summed E-state index contributed by atoms with van der Waals surface area (Å²) in [4.78, 5) is 49.5. The zero-order valence-electron chi connectivity index (χ0n) is 18.0. The molecular weight excluding hydrogens is 428 g/mol. The van der Waals surface area contributed by atoms with E-state index in [4.69, 9.17) is 10.2 Å². The van der Waals surface area contributed by atoms with Crippen LogP contribution in [0.2, 0.25) is 0 Å². The quantitative estimate of drug-likeness (QED) is 0.542. The Labute approximate surface area is 189 Å². The molecule has 4 rings (SSSR count). The van der Waals surface area contributed by atoms with Crippen molar-refractivity contribution in [3.05, 3.63) is 54.9 Å². The van der Waals surface area contributed by atoms with Crippen LogP contribution in [0.3, 0.4) is 0 Å². The molecule has 3 aromatic heterocycles. The van der Waals surface area contributed by atoms with Crippen LogP contribution in [0.1, 0.15) is 0 Å². The van der Waals surface area contributed by atoms with Crippen LogP contribution in [0.15, 0.2) is 54.9 Å². The maximum Gasteiger partial charge on any atom is 0.328 e. The second kappa shape index (κ2) is 11.0. The molecule has 2 N–H and O–H groups in total. The number of hydrogen-bond donors (Lipinski definition) is 2. The van der Waals surface area contributed by atoms with Gasteiger partial charge < -0.3 is 20.0 Å². The lowest BCUT2D eigenvalue weighted by Gasteiger charge is -2.32. The molecule has 0 aliphatic carbocycles. The fraction of sp³-hybridized carbons (Fsp3) is 0.273. The summed E-state index contributed by atoms with van der Waals surface area (Å²) in [5, 5.41) is 15.6. The molecule has 1 fully saturated rings. The number of carbonyl (C=O) groups excluding carboxylic acids is 1. The van der Waals surface area contributed by atoms with Gasteiger partial charge in [-0.1, -0.05) is 6.07 Å². The largest absolute Gasteiger partial charge is 0.478 e. The molecule has 0 atom stereocenters. The van der Waals surface area contributed by atoms with E-state index in [0.29, 0.717) is 23.6 Å². The lowest BCUT2D eigenvalue weighted by Crippen LogP contribution is -2.48. The molecule has 11 heteroatoms. The summed E-state index contributed by atoms with van der Waals surface area (Å²) in [6.07, 6.45) is 4.57. The van der Waals surface area contributed by atoms with Crippen molar-refractivity contribution >= 4 is 29.0 Å². The Hall–Kier alpha value is -4.12. The normalized spacial score (nSPS) is 14.2. The summed E-state index contributed by atoms with van der Waals surface area (Å²) in [6, 6.07) is 9.44. The Bertz CT molecular complexity index is 1140. The first-order valence-corrected chi connectivity index (χ1v) is 10.2. The molecule has 4 heterocycles. The van der Waals surface area contributed by atoms with E-state index in [9.17, 15) is 14.4 Å². The minimum atomic E-state index is -1.26. The van der Waals surface area contributed by atoms with Gasteiger partial charge in [0.15, 0.2) is 11.5 Å². The number of carbonyl (C=O) groups is 3. The fourth-order valence-electron chi connectivity index (χ4n) is 3.23. The molecule has 3 aromatic rings. The Morgan fingerprint density at radius 2 is 1.61 bits per heavy atom. The first-order chi connectivity index (χ1) is 15.8. The van der Waals surface area contributed by atoms with Crippen molar-refractivity contribution in [3.8, 4) is 11.5 Å². The topological polar surface area (TPSA) is 142 Å². The van der Waals surface area contributed by atoms with Gasteiger partial charge in [0.25, 0.3) is 0 Å². The van der Waals surface area contributed by atoms with Crippen molar-refractivity contribution in [2.45, 2.75) is 6.54 Å². The SMILES string of the molecule is CN1CCN(C(=O)Cn2c(-c3ccccn3)nc3cccnc32)CC1.O=C(O)/C=C/C(=O)O. The summed E-state index contributed by atoms with van der Waals surface area (Å²) >= 11 is 0. The van der Waals surface area contributed by atoms with Crippen molar-refractivity contribution in [1.82, 2.24) is 29.3 Å². The van der Waals surface area contributed by atoms with Gasteiger partial charge in [-0.15, -0.1) is 0 Å². The molecule has 0 spiro atoms. The van der Waals surface area contributed by atoms with Gasteiger partial charge in [-0.05, 0) is 31.3 Å². The van der Waals surface area contributed by atoms with E-state index in [-0.39, 0.29) is 12.5 Å². The van der Waals surface area contributed by atoms with Crippen molar-refractivity contribution in [2.75, 3.05) is 33.2 Å². The van der Waals surface area contributed by atoms with Crippen LogP contribution in [0, 0.1) is 0 Å². The number of fused-ring (bicyclic) bond motifs is 1. The second-order valence-electron chi connectivity index (χ2n) is 7.28. The van der Waals surface area contributed by atoms with E-state index in [1.165, 1.54) is 0 Å². The summed E-state index contributed by atoms with van der Waals surface area (Å²) in [5.74, 6) is -1.74. The number of rotatable bonds is 5. The van der Waals surface area contributed by atoms with E-state index in [0.717, 1.165) is 37.4 Å². The number of aromatic nitrogens is 4. The molecule has 1 saturated heterocycles. The molecule has 0 aromatic carbocycles. The summed E-state index contributed by atoms with van der Waals surface area (Å²) in [5.41, 5.74) is 2.23. The summed E-state index contributed by atoms with van der Waals surface area (Å²) in [6.45, 7) is 3.55. The van der Waals surface area contributed by atoms with Crippen molar-refractivity contribution in [2.24, 2.45) is 0 Å². The van der Waals surface area contributed by atoms with Crippen molar-refractivity contribution in [3.63, 3.8) is 0 Å². The maximum atomic E-state index is 12.8. The smallest absolute Gasteiger partial charge is 0.328 e. The third-order valence-electron chi connectivity index (χ3n) is 4.92. The highest BCUT2D eigenvalue weighted by atomic mass is 16.4. The zero-order chi connectivity index (χ0) is 23.8. The second-order valence-corrected chi connectivity index (χ2v) is 7.28. The Kier molecular flexibility index (Phi) is 7.82. The van der Waals surface area contributed by atoms with Crippen LogP contribution >= 0.6 is 0 Å². The number of imidazole rings is 1. The van der Waals surface area contributed by atoms with E-state index >= 15 is 0 Å². The number of hydrogen-bond acceptors (Lipinski definition) is 7. The van der Waals surface area contributed by atoms with E-state index in [2.05, 4.69) is 26.9 Å². The number of amides is 1. The lowest BCUT2D eigenvalue weighted by molar-refractivity contribution is -0.134. The van der Waals surface area contributed by atoms with Crippen LogP contribution in [-0.4, -0.2) is 90.6 Å². The van der Waals surface area contributed by atoms with Gasteiger partial charge in [0, 0.05) is 50.7 Å². The summed E-state index contributed by atoms with van der Waals surface area (Å²) in [7, 11) is 2.08. The van der Waals surface area contributed by atoms with Crippen molar-refractivity contribution in [1.29, 1.82) is 0 Å². The summed E-state index contributed by atoms with van der Waals surface area (Å²) < 4.78 is 1.87. The van der Waals surface area contributed by atoms with E-state index in [1.807, 2.05) is 39.8 Å². The number of carboxylic acid groups (broad SMARTS) is 2. The molecule has 0 saturated carbocycles. The lowest BCUT2D eigenvalue weighted by atomic mass is 10.3. The molecule has 1 amide bonds. The standard InChI is InChI=1S/C18H20N6O.C4H4O4/c1-22-9-11-23(12-10-22)16(25)13-24-17-15(6-4-8-20-17)21-18(24)14-5-2-3-7-19-14;5-3(6)1-2-4(7)8/h2-8H,9-13H2,1H3;1-2H,(H,5,6)(H,7,8)/b;2-1+. The molecule has 172 valence electrons. The maximum absolute atomic E-state index is 12.8. The van der Waals surface area contributed by atoms with Gasteiger partial charge in [-0.3, -0.25) is 14.3 Å². The number of pyridine rings is 2. The monoisotopic (exact) mass is 452 g/mol. The molecular formula is C22H24N6O5. The van der Waals surface area contributed by atoms with Gasteiger partial charge >= 0.3 is 11.9 Å². The predicted molar refractivity (Wildman–Crippen MR) is 119 cm³/mol. The average Bonchev–Trinajstić information content (AvgIpc) is 3.17. The average molecular weight is 452 g/mol. The van der Waals surface area contributed by atoms with Gasteiger partial charge in [0.1, 0.15) is 17.8 Å². The van der Waals surface area contributed by atoms with E-state index in [1.54, 1.807) is 12.4 Å². The fourth-order valence-corrected chi connectivity index (χ4v) is 3.23. The van der Waals surface area contributed by atoms with Gasteiger partial charge in [-0.25, -0.2) is 19.6 Å². The number of carboxylic acids is 2. The highest BCUT2D eigenvalue weighted by Crippen LogP contribution is 2.22. The van der Waals surface area contributed by atoms with Gasteiger partial charge in [0.05, 0.1) is 0 Å². The number of likely N-dealkylation sites (N-methyl/N-ethyl adjacent to an activating group) is 1. The number of aliphatic carboxylic acids is 2. The number of nitrogens with zero attached hydrogens (tertiary/aromatic N) is 6. The highest BCUT2D eigenvalue weighted by molar-refractivity contribution is 5.89. The Morgan fingerprint density at radius 3 is 2.21 bits per heavy atom. The third kappa shape index (κ3) is 6.43. The van der Waals surface area contributed by atoms with Crippen LogP contribution in [0.25, 0.3) is 22.7 Å². The van der Waals surface area contributed by atoms with Gasteiger partial charge in [-0.2, -0.15) is 0 Å². The molecule has 1 aliphatic rings. The highest BCUT2D eigenvalue weighted by Gasteiger charge is 2.22. The molecule has 33 heavy (non-hydrogen) atoms. The minimum Gasteiger partial charge on any atom is -0.478 e. The first kappa shape index (κ1) is 23.5. The van der Waals surface area contributed by atoms with E-state index < -0.39 is 11.9 Å². The number of piperazine rings is 1.